The Morgan fingerprint density at radius 1 is 0.893 bits per heavy atom. The van der Waals surface area contributed by atoms with E-state index >= 15 is 0 Å². The van der Waals surface area contributed by atoms with Gasteiger partial charge in [-0.05, 0) is 60.5 Å². The Labute approximate surface area is 338 Å². The summed E-state index contributed by atoms with van der Waals surface area (Å²) in [6.45, 7) is 1.22. The summed E-state index contributed by atoms with van der Waals surface area (Å²) >= 11 is 14.1. The van der Waals surface area contributed by atoms with Crippen molar-refractivity contribution in [3.05, 3.63) is 147 Å². The molecular formula is C39H38Cl2N6O7S2. The second-order valence-corrected chi connectivity index (χ2v) is 14.7. The quantitative estimate of drug-likeness (QED) is 0.0127. The van der Waals surface area contributed by atoms with Gasteiger partial charge in [-0.3, -0.25) is 18.9 Å². The number of carbonyl (C=O) groups excluding carboxylic acids is 3. The molecule has 56 heavy (non-hydrogen) atoms. The molecule has 3 aromatic carbocycles. The van der Waals surface area contributed by atoms with E-state index in [9.17, 15) is 22.8 Å². The number of nitrogens with zero attached hydrogens (tertiary/aromatic N) is 2. The summed E-state index contributed by atoms with van der Waals surface area (Å²) in [5, 5.41) is 6.78. The van der Waals surface area contributed by atoms with Crippen LogP contribution in [0.25, 0.3) is 6.08 Å². The Balaban J connectivity index is 0.000000494. The van der Waals surface area contributed by atoms with Crippen LogP contribution in [0.3, 0.4) is 0 Å². The van der Waals surface area contributed by atoms with Gasteiger partial charge >= 0.3 is 0 Å². The number of anilines is 1. The number of rotatable bonds is 17. The van der Waals surface area contributed by atoms with E-state index in [1.165, 1.54) is 48.3 Å². The zero-order valence-electron chi connectivity index (χ0n) is 29.7. The number of aldehydes is 1. The molecule has 13 nitrogen and oxygen atoms in total. The third-order valence-corrected chi connectivity index (χ3v) is 10.5. The molecule has 5 rings (SSSR count). The molecule has 2 heterocycles. The third-order valence-electron chi connectivity index (χ3n) is 7.55. The van der Waals surface area contributed by atoms with E-state index in [0.717, 1.165) is 22.6 Å². The minimum Gasteiger partial charge on any atom is -0.491 e. The van der Waals surface area contributed by atoms with Crippen molar-refractivity contribution in [3.63, 3.8) is 0 Å². The topological polar surface area (TPSA) is 203 Å². The molecule has 0 saturated heterocycles. The molecule has 0 aliphatic carbocycles. The molecule has 6 N–H and O–H groups in total. The van der Waals surface area contributed by atoms with E-state index < -0.39 is 10.1 Å². The Morgan fingerprint density at radius 3 is 2.27 bits per heavy atom. The zero-order chi connectivity index (χ0) is 40.3. The maximum atomic E-state index is 12.6. The summed E-state index contributed by atoms with van der Waals surface area (Å²) < 4.78 is 35.9. The van der Waals surface area contributed by atoms with Crippen molar-refractivity contribution < 1.29 is 32.1 Å². The Kier molecular flexibility index (Phi) is 17.3. The molecule has 0 aliphatic rings. The second-order valence-electron chi connectivity index (χ2n) is 11.6. The number of amides is 2. The van der Waals surface area contributed by atoms with E-state index in [-0.39, 0.29) is 22.3 Å². The van der Waals surface area contributed by atoms with Gasteiger partial charge in [0.2, 0.25) is 5.91 Å². The number of hydrazine groups is 1. The van der Waals surface area contributed by atoms with Crippen molar-refractivity contribution in [2.24, 2.45) is 5.84 Å². The van der Waals surface area contributed by atoms with Gasteiger partial charge < -0.3 is 20.8 Å². The summed E-state index contributed by atoms with van der Waals surface area (Å²) in [6, 6.07) is 27.9. The predicted molar refractivity (Wildman–Crippen MR) is 219 cm³/mol. The van der Waals surface area contributed by atoms with Crippen LogP contribution < -0.4 is 26.6 Å². The standard InChI is InChI=1S/C32H32Cl2N6O3S.C7H6O4S/c33-25-8-4-9-26(34)31(25)44-21-24-11-13-28(43-19-16-22-6-2-1-3-7-22)27(39-24)12-15-30(41)36-17-5-18-37-32(42)23-10-14-29(40-35)38-20-23;8-5-6-3-1-2-4-7(6)12(9,10)11/h1-4,6-15,20H,5,16-19,21,35H2,(H,36,41)(H,37,42)(H,38,40);1-5H,(H,9,10,11)/b15-12+;. The van der Waals surface area contributed by atoms with Gasteiger partial charge in [-0.25, -0.2) is 15.8 Å². The second kappa shape index (κ2) is 22.3. The minimum absolute atomic E-state index is 0.0417. The van der Waals surface area contributed by atoms with E-state index in [4.69, 9.17) is 43.3 Å². The van der Waals surface area contributed by atoms with Crippen LogP contribution >= 0.6 is 35.0 Å². The molecule has 0 radical (unpaired) electrons. The summed E-state index contributed by atoms with van der Waals surface area (Å²) in [6.07, 6.45) is 6.15. The van der Waals surface area contributed by atoms with Crippen LogP contribution in [0.2, 0.25) is 10.0 Å². The van der Waals surface area contributed by atoms with Crippen LogP contribution in [0.4, 0.5) is 5.82 Å². The molecule has 5 aromatic rings. The number of hydrogen-bond donors (Lipinski definition) is 5. The van der Waals surface area contributed by atoms with Crippen molar-refractivity contribution in [2.45, 2.75) is 28.4 Å². The molecule has 0 fully saturated rings. The number of nitrogens with two attached hydrogens (primary N) is 1. The number of halogens is 2. The number of nitrogen functional groups attached to an aromatic ring is 1. The Hall–Kier alpha value is -5.29. The molecule has 0 atom stereocenters. The lowest BCUT2D eigenvalue weighted by Crippen LogP contribution is -2.29. The molecular weight excluding hydrogens is 800 g/mol. The maximum absolute atomic E-state index is 12.6. The lowest BCUT2D eigenvalue weighted by atomic mass is 10.2. The van der Waals surface area contributed by atoms with Gasteiger partial charge in [-0.2, -0.15) is 8.42 Å². The first-order valence-corrected chi connectivity index (χ1v) is 20.1. The van der Waals surface area contributed by atoms with Crippen LogP contribution in [0.1, 0.15) is 44.1 Å². The number of benzene rings is 3. The van der Waals surface area contributed by atoms with Crippen molar-refractivity contribution in [2.75, 3.05) is 25.1 Å². The van der Waals surface area contributed by atoms with Crippen molar-refractivity contribution in [3.8, 4) is 5.75 Å². The molecule has 292 valence electrons. The summed E-state index contributed by atoms with van der Waals surface area (Å²) in [7, 11) is -4.28. The maximum Gasteiger partial charge on any atom is 0.295 e. The van der Waals surface area contributed by atoms with Crippen LogP contribution in [0.15, 0.2) is 119 Å². The monoisotopic (exact) mass is 836 g/mol. The molecule has 2 amide bonds. The van der Waals surface area contributed by atoms with Crippen molar-refractivity contribution in [1.29, 1.82) is 0 Å². The van der Waals surface area contributed by atoms with Gasteiger partial charge in [0, 0.05) is 48.0 Å². The molecule has 0 saturated carbocycles. The van der Waals surface area contributed by atoms with Gasteiger partial charge in [0.15, 0.2) is 6.29 Å². The summed E-state index contributed by atoms with van der Waals surface area (Å²) in [5.41, 5.74) is 5.26. The Bertz CT molecular complexity index is 2210. The van der Waals surface area contributed by atoms with Crippen molar-refractivity contribution in [1.82, 2.24) is 20.6 Å². The highest BCUT2D eigenvalue weighted by Crippen LogP contribution is 2.36. The molecule has 17 heteroatoms. The fraction of sp³-hybridized carbons (Fsp3) is 0.154. The van der Waals surface area contributed by atoms with Gasteiger partial charge in [-0.1, -0.05) is 77.8 Å². The average molecular weight is 838 g/mol. The van der Waals surface area contributed by atoms with Gasteiger partial charge in [0.05, 0.1) is 27.9 Å². The van der Waals surface area contributed by atoms with E-state index in [1.807, 2.05) is 42.5 Å². The minimum atomic E-state index is -4.28. The molecule has 0 bridgehead atoms. The number of thioether (sulfide) groups is 1. The number of carbonyl (C=O) groups is 3. The smallest absolute Gasteiger partial charge is 0.295 e. The molecule has 2 aromatic heterocycles. The van der Waals surface area contributed by atoms with Crippen molar-refractivity contribution >= 4 is 75.1 Å². The van der Waals surface area contributed by atoms with E-state index in [1.54, 1.807) is 36.4 Å². The molecule has 0 spiro atoms. The van der Waals surface area contributed by atoms with Crippen LogP contribution in [-0.4, -0.2) is 60.7 Å². The first-order valence-electron chi connectivity index (χ1n) is 16.9. The van der Waals surface area contributed by atoms with E-state index in [0.29, 0.717) is 71.0 Å². The van der Waals surface area contributed by atoms with Crippen LogP contribution in [0.5, 0.6) is 5.75 Å². The normalized spacial score (nSPS) is 10.9. The van der Waals surface area contributed by atoms with Gasteiger partial charge in [0.1, 0.15) is 22.2 Å². The number of nitrogens with one attached hydrogen (secondary N) is 3. The Morgan fingerprint density at radius 2 is 1.61 bits per heavy atom. The largest absolute Gasteiger partial charge is 0.491 e. The third kappa shape index (κ3) is 14.1. The van der Waals surface area contributed by atoms with Crippen LogP contribution in [0, 0.1) is 0 Å². The number of aromatic nitrogens is 2. The average Bonchev–Trinajstić information content (AvgIpc) is 3.20. The number of pyridine rings is 2. The highest BCUT2D eigenvalue weighted by molar-refractivity contribution is 7.98. The van der Waals surface area contributed by atoms with E-state index in [2.05, 4.69) is 21.0 Å². The summed E-state index contributed by atoms with van der Waals surface area (Å²) in [4.78, 5) is 44.3. The SMILES string of the molecule is NNc1ccc(C(=O)NCCCNC(=O)/C=C/c2nc(CSc3c(Cl)cccc3Cl)ccc2OCCc2ccccc2)cn1.O=Cc1ccccc1S(=O)(=O)O. The lowest BCUT2D eigenvalue weighted by Gasteiger charge is -2.11. The highest BCUT2D eigenvalue weighted by Gasteiger charge is 2.14. The first-order chi connectivity index (χ1) is 27.0. The summed E-state index contributed by atoms with van der Waals surface area (Å²) in [5.74, 6) is 6.31. The fourth-order valence-corrected chi connectivity index (χ4v) is 7.01. The molecule has 0 aliphatic heterocycles. The number of hydrogen-bond acceptors (Lipinski definition) is 11. The molecule has 0 unspecified atom stereocenters. The lowest BCUT2D eigenvalue weighted by molar-refractivity contribution is -0.116. The zero-order valence-corrected chi connectivity index (χ0v) is 32.9. The number of ether oxygens (including phenoxy) is 1. The fourth-order valence-electron chi connectivity index (χ4n) is 4.76. The van der Waals surface area contributed by atoms with Gasteiger partial charge in [0.25, 0.3) is 16.0 Å². The highest BCUT2D eigenvalue weighted by atomic mass is 35.5. The predicted octanol–water partition coefficient (Wildman–Crippen LogP) is 6.68. The van der Waals surface area contributed by atoms with Gasteiger partial charge in [-0.15, -0.1) is 11.8 Å². The first kappa shape index (κ1) is 43.4. The van der Waals surface area contributed by atoms with Crippen LogP contribution in [-0.2, 0) is 27.1 Å².